The van der Waals surface area contributed by atoms with Gasteiger partial charge in [-0.1, -0.05) is 18.2 Å². The van der Waals surface area contributed by atoms with Crippen molar-refractivity contribution >= 4 is 0 Å². The quantitative estimate of drug-likeness (QED) is 0.930. The number of aromatic nitrogens is 4. The van der Waals surface area contributed by atoms with Crippen molar-refractivity contribution in [1.82, 2.24) is 25.5 Å². The van der Waals surface area contributed by atoms with E-state index in [-0.39, 0.29) is 5.60 Å². The molecule has 1 aliphatic heterocycles. The lowest BCUT2D eigenvalue weighted by atomic mass is 9.73. The predicted molar refractivity (Wildman–Crippen MR) is 76.6 cm³/mol. The van der Waals surface area contributed by atoms with Gasteiger partial charge in [0.2, 0.25) is 0 Å². The fourth-order valence-corrected chi connectivity index (χ4v) is 3.29. The van der Waals surface area contributed by atoms with Crippen molar-refractivity contribution in [3.63, 3.8) is 0 Å². The minimum atomic E-state index is 0.0435. The Morgan fingerprint density at radius 1 is 1.38 bits per heavy atom. The number of aryl methyl sites for hydroxylation is 1. The largest absolute Gasteiger partial charge is 0.487 e. The Morgan fingerprint density at radius 3 is 2.95 bits per heavy atom. The Kier molecular flexibility index (Phi) is 2.92. The first-order valence-corrected chi connectivity index (χ1v) is 7.48. The van der Waals surface area contributed by atoms with Gasteiger partial charge >= 0.3 is 0 Å². The molecule has 1 aromatic heterocycles. The van der Waals surface area contributed by atoms with E-state index >= 15 is 0 Å². The lowest BCUT2D eigenvalue weighted by Crippen LogP contribution is -2.49. The van der Waals surface area contributed by atoms with Crippen LogP contribution in [0.25, 0.3) is 0 Å². The molecule has 2 aliphatic rings. The smallest absolute Gasteiger partial charge is 0.188 e. The second-order valence-corrected chi connectivity index (χ2v) is 6.01. The molecule has 0 saturated heterocycles. The summed E-state index contributed by atoms with van der Waals surface area (Å²) in [6.07, 6.45) is 4.59. The first-order chi connectivity index (χ1) is 10.2. The molecular formula is C15H19N5O. The number of rotatable bonds is 3. The zero-order valence-electron chi connectivity index (χ0n) is 12.1. The van der Waals surface area contributed by atoms with E-state index in [4.69, 9.17) is 4.74 Å². The Labute approximate surface area is 123 Å². The predicted octanol–water partition coefficient (Wildman–Crippen LogP) is 1.75. The lowest BCUT2D eigenvalue weighted by molar-refractivity contribution is -0.0371. The van der Waals surface area contributed by atoms with Crippen LogP contribution >= 0.6 is 0 Å². The molecule has 2 aromatic rings. The third-order valence-corrected chi connectivity index (χ3v) is 4.52. The van der Waals surface area contributed by atoms with Gasteiger partial charge in [0.15, 0.2) is 5.82 Å². The topological polar surface area (TPSA) is 64.9 Å². The van der Waals surface area contributed by atoms with Crippen LogP contribution in [-0.2, 0) is 13.6 Å². The van der Waals surface area contributed by atoms with Crippen molar-refractivity contribution in [3.8, 4) is 5.75 Å². The highest BCUT2D eigenvalue weighted by Crippen LogP contribution is 2.48. The minimum absolute atomic E-state index is 0.0435. The molecule has 110 valence electrons. The van der Waals surface area contributed by atoms with Crippen molar-refractivity contribution in [2.75, 3.05) is 0 Å². The molecule has 1 spiro atoms. The van der Waals surface area contributed by atoms with Gasteiger partial charge in [-0.3, -0.25) is 0 Å². The molecule has 0 radical (unpaired) electrons. The normalized spacial score (nSPS) is 22.4. The van der Waals surface area contributed by atoms with E-state index in [9.17, 15) is 0 Å². The first-order valence-electron chi connectivity index (χ1n) is 7.48. The lowest BCUT2D eigenvalue weighted by Gasteiger charge is -2.48. The number of nitrogens with one attached hydrogen (secondary N) is 1. The van der Waals surface area contributed by atoms with Gasteiger partial charge in [-0.25, -0.2) is 0 Å². The number of para-hydroxylation sites is 1. The van der Waals surface area contributed by atoms with Crippen LogP contribution in [-0.4, -0.2) is 25.8 Å². The van der Waals surface area contributed by atoms with Crippen LogP contribution in [0, 0.1) is 0 Å². The third-order valence-electron chi connectivity index (χ3n) is 4.52. The molecule has 0 amide bonds. The summed E-state index contributed by atoms with van der Waals surface area (Å²) < 4.78 is 6.25. The van der Waals surface area contributed by atoms with Crippen LogP contribution in [0.4, 0.5) is 0 Å². The van der Waals surface area contributed by atoms with E-state index in [0.29, 0.717) is 12.6 Å². The molecule has 2 heterocycles. The molecule has 1 atom stereocenters. The third kappa shape index (κ3) is 2.29. The molecule has 4 rings (SSSR count). The molecule has 1 unspecified atom stereocenters. The Morgan fingerprint density at radius 2 is 2.24 bits per heavy atom. The van der Waals surface area contributed by atoms with Crippen molar-refractivity contribution in [2.45, 2.75) is 43.9 Å². The van der Waals surface area contributed by atoms with E-state index in [1.165, 1.54) is 16.8 Å². The molecule has 1 aromatic carbocycles. The summed E-state index contributed by atoms with van der Waals surface area (Å²) in [5, 5.41) is 15.7. The van der Waals surface area contributed by atoms with Crippen molar-refractivity contribution < 1.29 is 4.74 Å². The number of hydrogen-bond donors (Lipinski definition) is 1. The van der Waals surface area contributed by atoms with Crippen LogP contribution < -0.4 is 10.1 Å². The maximum absolute atomic E-state index is 6.25. The van der Waals surface area contributed by atoms with Gasteiger partial charge < -0.3 is 10.1 Å². The highest BCUT2D eigenvalue weighted by molar-refractivity contribution is 5.39. The minimum Gasteiger partial charge on any atom is -0.487 e. The number of benzene rings is 1. The van der Waals surface area contributed by atoms with Gasteiger partial charge in [0.25, 0.3) is 0 Å². The zero-order chi connectivity index (χ0) is 14.3. The summed E-state index contributed by atoms with van der Waals surface area (Å²) >= 11 is 0. The molecular weight excluding hydrogens is 266 g/mol. The van der Waals surface area contributed by atoms with Gasteiger partial charge in [-0.2, -0.15) is 4.80 Å². The summed E-state index contributed by atoms with van der Waals surface area (Å²) in [4.78, 5) is 1.49. The number of fused-ring (bicyclic) bond motifs is 1. The monoisotopic (exact) mass is 285 g/mol. The van der Waals surface area contributed by atoms with E-state index in [0.717, 1.165) is 30.8 Å². The summed E-state index contributed by atoms with van der Waals surface area (Å²) in [6.45, 7) is 0.628. The second kappa shape index (κ2) is 4.80. The highest BCUT2D eigenvalue weighted by atomic mass is 16.5. The molecule has 1 fully saturated rings. The SMILES string of the molecule is Cn1nnc(CNC2CC3(CCC3)Oc3ccccc32)n1. The van der Waals surface area contributed by atoms with E-state index in [1.54, 1.807) is 7.05 Å². The first kappa shape index (κ1) is 12.8. The summed E-state index contributed by atoms with van der Waals surface area (Å²) in [5.41, 5.74) is 1.28. The molecule has 1 N–H and O–H groups in total. The zero-order valence-corrected chi connectivity index (χ0v) is 12.1. The Hall–Kier alpha value is -1.95. The average molecular weight is 285 g/mol. The molecule has 1 aliphatic carbocycles. The van der Waals surface area contributed by atoms with Gasteiger partial charge in [-0.15, -0.1) is 10.2 Å². The maximum atomic E-state index is 6.25. The Balaban J connectivity index is 1.55. The fourth-order valence-electron chi connectivity index (χ4n) is 3.29. The summed E-state index contributed by atoms with van der Waals surface area (Å²) in [6, 6.07) is 8.61. The van der Waals surface area contributed by atoms with Crippen LogP contribution in [0.5, 0.6) is 5.75 Å². The second-order valence-electron chi connectivity index (χ2n) is 6.01. The number of nitrogens with zero attached hydrogens (tertiary/aromatic N) is 4. The van der Waals surface area contributed by atoms with E-state index < -0.39 is 0 Å². The van der Waals surface area contributed by atoms with E-state index in [1.807, 2.05) is 6.07 Å². The fraction of sp³-hybridized carbons (Fsp3) is 0.533. The summed E-state index contributed by atoms with van der Waals surface area (Å²) in [5.74, 6) is 1.75. The molecule has 6 heteroatoms. The van der Waals surface area contributed by atoms with Crippen molar-refractivity contribution in [1.29, 1.82) is 0 Å². The molecule has 0 bridgehead atoms. The van der Waals surface area contributed by atoms with Crippen LogP contribution in [0.15, 0.2) is 24.3 Å². The molecule has 21 heavy (non-hydrogen) atoms. The van der Waals surface area contributed by atoms with Gasteiger partial charge in [0, 0.05) is 18.0 Å². The van der Waals surface area contributed by atoms with Gasteiger partial charge in [-0.05, 0) is 30.5 Å². The molecule has 1 saturated carbocycles. The van der Waals surface area contributed by atoms with Gasteiger partial charge in [0.1, 0.15) is 11.4 Å². The number of ether oxygens (including phenoxy) is 1. The van der Waals surface area contributed by atoms with Crippen LogP contribution in [0.1, 0.15) is 43.1 Å². The number of hydrogen-bond acceptors (Lipinski definition) is 5. The Bertz CT molecular complexity index is 649. The standard InChI is InChI=1S/C15H19N5O/c1-20-18-14(17-19-20)10-16-12-9-15(7-4-8-15)21-13-6-3-2-5-11(12)13/h2-3,5-6,12,16H,4,7-10H2,1H3. The van der Waals surface area contributed by atoms with Gasteiger partial charge in [0.05, 0.1) is 13.6 Å². The van der Waals surface area contributed by atoms with Crippen LogP contribution in [0.3, 0.4) is 0 Å². The average Bonchev–Trinajstić information content (AvgIpc) is 2.88. The van der Waals surface area contributed by atoms with Crippen LogP contribution in [0.2, 0.25) is 0 Å². The molecule has 6 nitrogen and oxygen atoms in total. The highest BCUT2D eigenvalue weighted by Gasteiger charge is 2.45. The summed E-state index contributed by atoms with van der Waals surface area (Å²) in [7, 11) is 1.78. The van der Waals surface area contributed by atoms with Crippen molar-refractivity contribution in [2.24, 2.45) is 7.05 Å². The maximum Gasteiger partial charge on any atom is 0.188 e. The van der Waals surface area contributed by atoms with E-state index in [2.05, 4.69) is 38.9 Å². The van der Waals surface area contributed by atoms with Crippen molar-refractivity contribution in [3.05, 3.63) is 35.7 Å². The number of tetrazole rings is 1.